The summed E-state index contributed by atoms with van der Waals surface area (Å²) in [4.78, 5) is 17.2. The molecule has 0 aliphatic carbocycles. The summed E-state index contributed by atoms with van der Waals surface area (Å²) in [6.45, 7) is 4.94. The van der Waals surface area contributed by atoms with E-state index in [-0.39, 0.29) is 6.04 Å². The highest BCUT2D eigenvalue weighted by Gasteiger charge is 2.09. The van der Waals surface area contributed by atoms with Gasteiger partial charge in [-0.2, -0.15) is 0 Å². The zero-order valence-corrected chi connectivity index (χ0v) is 21.5. The van der Waals surface area contributed by atoms with Crippen molar-refractivity contribution in [1.82, 2.24) is 0 Å². The van der Waals surface area contributed by atoms with E-state index in [1.165, 1.54) is 5.56 Å². The minimum atomic E-state index is -0.390. The molecule has 4 aromatic rings. The lowest BCUT2D eigenvalue weighted by atomic mass is 10.0. The molecule has 0 amide bonds. The molecule has 0 unspecified atom stereocenters. The maximum atomic E-state index is 12.5. The number of rotatable bonds is 11. The third-order valence-electron chi connectivity index (χ3n) is 6.14. The van der Waals surface area contributed by atoms with Crippen molar-refractivity contribution in [2.24, 2.45) is 4.99 Å². The van der Waals surface area contributed by atoms with Crippen LogP contribution < -0.4 is 9.47 Å². The van der Waals surface area contributed by atoms with E-state index in [4.69, 9.17) is 9.47 Å². The van der Waals surface area contributed by atoms with Gasteiger partial charge in [0.1, 0.15) is 11.5 Å². The summed E-state index contributed by atoms with van der Waals surface area (Å²) in [5.41, 5.74) is 4.87. The molecule has 0 fully saturated rings. The molecular formula is C33H33NO3. The van der Waals surface area contributed by atoms with Crippen LogP contribution in [0.3, 0.4) is 0 Å². The highest BCUT2D eigenvalue weighted by molar-refractivity contribution is 5.91. The highest BCUT2D eigenvalue weighted by Crippen LogP contribution is 2.24. The van der Waals surface area contributed by atoms with E-state index in [2.05, 4.69) is 55.2 Å². The third kappa shape index (κ3) is 7.65. The number of ether oxygens (including phenoxy) is 2. The van der Waals surface area contributed by atoms with Crippen molar-refractivity contribution in [2.45, 2.75) is 39.2 Å². The van der Waals surface area contributed by atoms with E-state index in [1.807, 2.05) is 60.8 Å². The Kier molecular flexibility index (Phi) is 9.25. The predicted molar refractivity (Wildman–Crippen MR) is 151 cm³/mol. The number of hydrogen-bond acceptors (Lipinski definition) is 4. The van der Waals surface area contributed by atoms with E-state index >= 15 is 0 Å². The van der Waals surface area contributed by atoms with Gasteiger partial charge >= 0.3 is 5.97 Å². The maximum Gasteiger partial charge on any atom is 0.343 e. The van der Waals surface area contributed by atoms with Gasteiger partial charge in [0.2, 0.25) is 0 Å². The Bertz CT molecular complexity index is 1280. The van der Waals surface area contributed by atoms with Crippen molar-refractivity contribution < 1.29 is 14.3 Å². The quantitative estimate of drug-likeness (QED) is 0.0917. The van der Waals surface area contributed by atoms with Gasteiger partial charge in [0, 0.05) is 6.21 Å². The average molecular weight is 492 g/mol. The van der Waals surface area contributed by atoms with Crippen LogP contribution in [-0.4, -0.2) is 18.8 Å². The van der Waals surface area contributed by atoms with Crippen LogP contribution in [0.15, 0.2) is 108 Å². The molecule has 1 atom stereocenters. The molecule has 188 valence electrons. The van der Waals surface area contributed by atoms with Gasteiger partial charge < -0.3 is 9.47 Å². The molecular weight excluding hydrogens is 458 g/mol. The first-order valence-electron chi connectivity index (χ1n) is 12.9. The van der Waals surface area contributed by atoms with E-state index in [9.17, 15) is 4.79 Å². The molecule has 4 heteroatoms. The van der Waals surface area contributed by atoms with Crippen LogP contribution >= 0.6 is 0 Å². The van der Waals surface area contributed by atoms with E-state index in [0.717, 1.165) is 41.7 Å². The SMILES string of the molecule is CCCCCOc1ccc(C(=O)Oc2ccc(-c3ccc(C=N[C@@H](C)c4ccccc4)cc3)cc2)cc1. The van der Waals surface area contributed by atoms with Gasteiger partial charge in [-0.15, -0.1) is 0 Å². The van der Waals surface area contributed by atoms with Crippen molar-refractivity contribution in [2.75, 3.05) is 6.61 Å². The number of nitrogens with zero attached hydrogens (tertiary/aromatic N) is 1. The van der Waals surface area contributed by atoms with E-state index in [0.29, 0.717) is 17.9 Å². The Balaban J connectivity index is 1.31. The Morgan fingerprint density at radius 2 is 1.41 bits per heavy atom. The highest BCUT2D eigenvalue weighted by atomic mass is 16.5. The summed E-state index contributed by atoms with van der Waals surface area (Å²) in [6, 6.07) is 33.2. The van der Waals surface area contributed by atoms with Crippen LogP contribution in [0.5, 0.6) is 11.5 Å². The van der Waals surface area contributed by atoms with Gasteiger partial charge in [0.15, 0.2) is 0 Å². The lowest BCUT2D eigenvalue weighted by molar-refractivity contribution is 0.0734. The zero-order chi connectivity index (χ0) is 25.9. The number of hydrogen-bond donors (Lipinski definition) is 0. The first kappa shape index (κ1) is 25.9. The second kappa shape index (κ2) is 13.2. The van der Waals surface area contributed by atoms with Crippen LogP contribution in [-0.2, 0) is 0 Å². The Labute approximate surface area is 219 Å². The largest absolute Gasteiger partial charge is 0.494 e. The fourth-order valence-electron chi connectivity index (χ4n) is 3.89. The van der Waals surface area contributed by atoms with Crippen molar-refractivity contribution >= 4 is 12.2 Å². The van der Waals surface area contributed by atoms with Gasteiger partial charge in [0.25, 0.3) is 0 Å². The predicted octanol–water partition coefficient (Wildman–Crippen LogP) is 8.32. The van der Waals surface area contributed by atoms with Gasteiger partial charge in [-0.25, -0.2) is 4.79 Å². The maximum absolute atomic E-state index is 12.5. The summed E-state index contributed by atoms with van der Waals surface area (Å²) in [7, 11) is 0. The van der Waals surface area contributed by atoms with Gasteiger partial charge in [0.05, 0.1) is 18.2 Å². The molecule has 0 aliphatic rings. The summed E-state index contributed by atoms with van der Waals surface area (Å²) in [5.74, 6) is 0.881. The standard InChI is InChI=1S/C33H33NO3/c1-3-4-8-23-36-31-19-17-30(18-20-31)33(35)37-32-21-15-29(16-22-32)28-13-11-26(12-14-28)24-34-25(2)27-9-6-5-7-10-27/h5-7,9-22,24-25H,3-4,8,23H2,1-2H3/t25-/m0/s1. The Hall–Kier alpha value is -4.18. The van der Waals surface area contributed by atoms with Crippen molar-refractivity contribution in [3.8, 4) is 22.6 Å². The fourth-order valence-corrected chi connectivity index (χ4v) is 3.89. The first-order chi connectivity index (χ1) is 18.1. The van der Waals surface area contributed by atoms with Crippen LogP contribution in [0, 0.1) is 0 Å². The molecule has 4 aromatic carbocycles. The summed E-state index contributed by atoms with van der Waals surface area (Å²) in [6.07, 6.45) is 5.25. The lowest BCUT2D eigenvalue weighted by Crippen LogP contribution is -2.08. The topological polar surface area (TPSA) is 47.9 Å². The molecule has 0 bridgehead atoms. The molecule has 37 heavy (non-hydrogen) atoms. The van der Waals surface area contributed by atoms with Crippen LogP contribution in [0.25, 0.3) is 11.1 Å². The molecule has 0 saturated heterocycles. The average Bonchev–Trinajstić information content (AvgIpc) is 2.95. The van der Waals surface area contributed by atoms with Crippen molar-refractivity contribution in [3.05, 3.63) is 120 Å². The second-order valence-corrected chi connectivity index (χ2v) is 8.98. The number of esters is 1. The first-order valence-corrected chi connectivity index (χ1v) is 12.9. The van der Waals surface area contributed by atoms with Crippen LogP contribution in [0.1, 0.15) is 60.6 Å². The Morgan fingerprint density at radius 3 is 2.05 bits per heavy atom. The number of unbranched alkanes of at least 4 members (excludes halogenated alkanes) is 2. The van der Waals surface area contributed by atoms with Gasteiger partial charge in [-0.1, -0.05) is 86.5 Å². The minimum Gasteiger partial charge on any atom is -0.494 e. The molecule has 0 N–H and O–H groups in total. The second-order valence-electron chi connectivity index (χ2n) is 8.98. The van der Waals surface area contributed by atoms with Crippen LogP contribution in [0.2, 0.25) is 0 Å². The van der Waals surface area contributed by atoms with E-state index < -0.39 is 5.97 Å². The molecule has 0 aromatic heterocycles. The summed E-state index contributed by atoms with van der Waals surface area (Å²) >= 11 is 0. The number of carbonyl (C=O) groups is 1. The fraction of sp³-hybridized carbons (Fsp3) is 0.212. The monoisotopic (exact) mass is 491 g/mol. The molecule has 0 radical (unpaired) electrons. The van der Waals surface area contributed by atoms with Crippen LogP contribution in [0.4, 0.5) is 0 Å². The third-order valence-corrected chi connectivity index (χ3v) is 6.14. The smallest absolute Gasteiger partial charge is 0.343 e. The number of carbonyl (C=O) groups excluding carboxylic acids is 1. The normalized spacial score (nSPS) is 11.8. The van der Waals surface area contributed by atoms with Crippen molar-refractivity contribution in [3.63, 3.8) is 0 Å². The van der Waals surface area contributed by atoms with Crippen molar-refractivity contribution in [1.29, 1.82) is 0 Å². The van der Waals surface area contributed by atoms with E-state index in [1.54, 1.807) is 12.1 Å². The molecule has 0 aliphatic heterocycles. The minimum absolute atomic E-state index is 0.109. The molecule has 0 heterocycles. The lowest BCUT2D eigenvalue weighted by Gasteiger charge is -2.08. The Morgan fingerprint density at radius 1 is 0.784 bits per heavy atom. The molecule has 4 nitrogen and oxygen atoms in total. The van der Waals surface area contributed by atoms with Gasteiger partial charge in [-0.05, 0) is 72.0 Å². The molecule has 4 rings (SSSR count). The molecule has 0 saturated carbocycles. The van der Waals surface area contributed by atoms with Gasteiger partial charge in [-0.3, -0.25) is 4.99 Å². The summed E-state index contributed by atoms with van der Waals surface area (Å²) < 4.78 is 11.3. The number of benzene rings is 4. The zero-order valence-electron chi connectivity index (χ0n) is 21.5. The summed E-state index contributed by atoms with van der Waals surface area (Å²) in [5, 5.41) is 0. The number of aliphatic imine (C=N–C) groups is 1. The molecule has 0 spiro atoms.